The van der Waals surface area contributed by atoms with Gasteiger partial charge >= 0.3 is 0 Å². The van der Waals surface area contributed by atoms with E-state index in [1.807, 2.05) is 40.0 Å². The molecule has 92 valence electrons. The van der Waals surface area contributed by atoms with Crippen LogP contribution in [0.25, 0.3) is 0 Å². The fourth-order valence-electron chi connectivity index (χ4n) is 1.80. The van der Waals surface area contributed by atoms with Crippen molar-refractivity contribution in [1.29, 1.82) is 0 Å². The molecule has 0 bridgehead atoms. The highest BCUT2D eigenvalue weighted by Crippen LogP contribution is 2.22. The molecule has 0 saturated carbocycles. The van der Waals surface area contributed by atoms with E-state index in [9.17, 15) is 10.2 Å². The summed E-state index contributed by atoms with van der Waals surface area (Å²) in [4.78, 5) is 0. The molecule has 0 aliphatic heterocycles. The number of rotatable bonds is 6. The van der Waals surface area contributed by atoms with Crippen LogP contribution in [0.4, 0.5) is 0 Å². The Morgan fingerprint density at radius 3 is 1.33 bits per heavy atom. The molecule has 0 radical (unpaired) electrons. The van der Waals surface area contributed by atoms with Crippen LogP contribution in [0.1, 0.15) is 26.7 Å². The maximum absolute atomic E-state index is 9.88. The average Bonchev–Trinajstić information content (AvgIpc) is 2.13. The Morgan fingerprint density at radius 2 is 1.13 bits per heavy atom. The Morgan fingerprint density at radius 1 is 0.867 bits per heavy atom. The van der Waals surface area contributed by atoms with Gasteiger partial charge in [0, 0.05) is 0 Å². The summed E-state index contributed by atoms with van der Waals surface area (Å²) in [7, 11) is -4.13. The van der Waals surface area contributed by atoms with Crippen molar-refractivity contribution < 1.29 is 14.3 Å². The van der Waals surface area contributed by atoms with Crippen LogP contribution in [0.15, 0.2) is 0 Å². The highest BCUT2D eigenvalue weighted by molar-refractivity contribution is 6.86. The van der Waals surface area contributed by atoms with Crippen LogP contribution < -0.4 is 0 Å². The molecule has 0 spiro atoms. The molecule has 0 rings (SSSR count). The van der Waals surface area contributed by atoms with Crippen LogP contribution in [0.2, 0.25) is 26.2 Å². The van der Waals surface area contributed by atoms with Gasteiger partial charge in [-0.1, -0.05) is 13.8 Å². The monoisotopic (exact) mass is 250 g/mol. The first-order valence-electron chi connectivity index (χ1n) is 5.73. The molecule has 2 N–H and O–H groups in total. The van der Waals surface area contributed by atoms with Gasteiger partial charge in [-0.3, -0.25) is 0 Å². The minimum Gasteiger partial charge on any atom is -0.452 e. The van der Waals surface area contributed by atoms with E-state index in [4.69, 9.17) is 4.12 Å². The van der Waals surface area contributed by atoms with Crippen LogP contribution in [0.3, 0.4) is 0 Å². The van der Waals surface area contributed by atoms with Gasteiger partial charge in [-0.2, -0.15) is 0 Å². The first-order chi connectivity index (χ1) is 6.67. The lowest BCUT2D eigenvalue weighted by atomic mass is 10.5. The van der Waals surface area contributed by atoms with Gasteiger partial charge in [-0.25, -0.2) is 0 Å². The minimum absolute atomic E-state index is 0.340. The molecular formula is C10H26O3Si2. The van der Waals surface area contributed by atoms with Gasteiger partial charge in [0.15, 0.2) is 0 Å². The topological polar surface area (TPSA) is 49.7 Å². The SMILES string of the molecule is CCC(O)[Si](C)(C)O[Si](C)(C)C(O)CC. The second-order valence-electron chi connectivity index (χ2n) is 5.16. The molecule has 0 saturated heterocycles. The van der Waals surface area contributed by atoms with Gasteiger partial charge in [0.25, 0.3) is 0 Å². The summed E-state index contributed by atoms with van der Waals surface area (Å²) >= 11 is 0. The first kappa shape index (κ1) is 15.3. The number of hydrogen-bond acceptors (Lipinski definition) is 3. The summed E-state index contributed by atoms with van der Waals surface area (Å²) in [5.74, 6) is 0. The summed E-state index contributed by atoms with van der Waals surface area (Å²) in [5.41, 5.74) is -0.679. The Kier molecular flexibility index (Phi) is 5.70. The lowest BCUT2D eigenvalue weighted by Gasteiger charge is -2.38. The van der Waals surface area contributed by atoms with Crippen molar-refractivity contribution in [2.45, 2.75) is 64.3 Å². The number of hydrogen-bond donors (Lipinski definition) is 2. The lowest BCUT2D eigenvalue weighted by Crippen LogP contribution is -2.57. The molecule has 0 amide bonds. The van der Waals surface area contributed by atoms with Crippen molar-refractivity contribution in [2.24, 2.45) is 0 Å². The normalized spacial score (nSPS) is 17.6. The zero-order valence-electron chi connectivity index (χ0n) is 10.9. The Hall–Kier alpha value is 0.314. The summed E-state index contributed by atoms with van der Waals surface area (Å²) in [5, 5.41) is 19.8. The number of aliphatic hydroxyl groups excluding tert-OH is 2. The van der Waals surface area contributed by atoms with E-state index in [2.05, 4.69) is 0 Å². The molecule has 0 aromatic rings. The zero-order valence-corrected chi connectivity index (χ0v) is 12.9. The third kappa shape index (κ3) is 4.36. The average molecular weight is 250 g/mol. The van der Waals surface area contributed by atoms with Crippen LogP contribution in [0.5, 0.6) is 0 Å². The molecule has 0 aromatic heterocycles. The Labute approximate surface area is 95.7 Å². The van der Waals surface area contributed by atoms with Crippen LogP contribution in [-0.4, -0.2) is 38.3 Å². The third-order valence-electron chi connectivity index (χ3n) is 2.90. The highest BCUT2D eigenvalue weighted by Gasteiger charge is 2.41. The van der Waals surface area contributed by atoms with Crippen molar-refractivity contribution in [1.82, 2.24) is 0 Å². The summed E-state index contributed by atoms with van der Waals surface area (Å²) in [6, 6.07) is 0. The van der Waals surface area contributed by atoms with Crippen molar-refractivity contribution >= 4 is 16.6 Å². The highest BCUT2D eigenvalue weighted by atomic mass is 28.4. The second kappa shape index (κ2) is 5.59. The molecule has 0 heterocycles. The summed E-state index contributed by atoms with van der Waals surface area (Å²) in [6.07, 6.45) is 1.46. The largest absolute Gasteiger partial charge is 0.452 e. The molecule has 15 heavy (non-hydrogen) atoms. The molecule has 0 aliphatic carbocycles. The summed E-state index contributed by atoms with van der Waals surface area (Å²) in [6.45, 7) is 12.0. The van der Waals surface area contributed by atoms with E-state index >= 15 is 0 Å². The van der Waals surface area contributed by atoms with Gasteiger partial charge < -0.3 is 14.3 Å². The Bertz CT molecular complexity index is 175. The first-order valence-corrected chi connectivity index (χ1v) is 11.7. The van der Waals surface area contributed by atoms with Crippen molar-refractivity contribution in [3.63, 3.8) is 0 Å². The Balaban J connectivity index is 4.56. The van der Waals surface area contributed by atoms with Crippen molar-refractivity contribution in [3.8, 4) is 0 Å². The third-order valence-corrected chi connectivity index (χ3v) is 11.1. The van der Waals surface area contributed by atoms with Crippen molar-refractivity contribution in [3.05, 3.63) is 0 Å². The molecule has 2 unspecified atom stereocenters. The molecule has 0 aromatic carbocycles. The van der Waals surface area contributed by atoms with Gasteiger partial charge in [0.2, 0.25) is 16.6 Å². The predicted molar refractivity (Wildman–Crippen MR) is 68.6 cm³/mol. The van der Waals surface area contributed by atoms with Crippen LogP contribution >= 0.6 is 0 Å². The van der Waals surface area contributed by atoms with Crippen LogP contribution in [-0.2, 0) is 4.12 Å². The molecular weight excluding hydrogens is 224 g/mol. The standard InChI is InChI=1S/C10H26O3Si2/c1-7-9(11)14(3,4)13-15(5,6)10(12)8-2/h9-12H,7-8H2,1-6H3. The fourth-order valence-corrected chi connectivity index (χ4v) is 10.3. The molecule has 3 nitrogen and oxygen atoms in total. The fraction of sp³-hybridized carbons (Fsp3) is 1.00. The minimum atomic E-state index is -2.06. The smallest absolute Gasteiger partial charge is 0.202 e. The van der Waals surface area contributed by atoms with Crippen LogP contribution in [0, 0.1) is 0 Å². The van der Waals surface area contributed by atoms with E-state index in [1.54, 1.807) is 0 Å². The van der Waals surface area contributed by atoms with Gasteiger partial charge in [-0.15, -0.1) is 0 Å². The van der Waals surface area contributed by atoms with E-state index in [0.29, 0.717) is 0 Å². The predicted octanol–water partition coefficient (Wildman–Crippen LogP) is 2.03. The lowest BCUT2D eigenvalue weighted by molar-refractivity contribution is 0.199. The maximum atomic E-state index is 9.88. The molecule has 5 heteroatoms. The van der Waals surface area contributed by atoms with E-state index in [-0.39, 0.29) is 11.5 Å². The quantitative estimate of drug-likeness (QED) is 0.709. The number of aliphatic hydroxyl groups is 2. The molecule has 2 atom stereocenters. The molecule has 0 aliphatic rings. The van der Waals surface area contributed by atoms with E-state index in [0.717, 1.165) is 12.8 Å². The van der Waals surface area contributed by atoms with E-state index in [1.165, 1.54) is 0 Å². The van der Waals surface area contributed by atoms with E-state index < -0.39 is 16.6 Å². The zero-order chi connectivity index (χ0) is 12.3. The maximum Gasteiger partial charge on any atom is 0.202 e. The summed E-state index contributed by atoms with van der Waals surface area (Å²) < 4.78 is 6.11. The van der Waals surface area contributed by atoms with Gasteiger partial charge in [0.05, 0.1) is 11.5 Å². The van der Waals surface area contributed by atoms with Crippen molar-refractivity contribution in [2.75, 3.05) is 0 Å². The van der Waals surface area contributed by atoms with Gasteiger partial charge in [-0.05, 0) is 39.0 Å². The second-order valence-corrected chi connectivity index (χ2v) is 13.7. The molecule has 0 fully saturated rings. The van der Waals surface area contributed by atoms with Gasteiger partial charge in [0.1, 0.15) is 0 Å².